The van der Waals surface area contributed by atoms with Crippen LogP contribution in [0.5, 0.6) is 0 Å². The monoisotopic (exact) mass is 305 g/mol. The summed E-state index contributed by atoms with van der Waals surface area (Å²) in [5, 5.41) is 0. The number of rotatable bonds is 4. The number of alkyl halides is 3. The summed E-state index contributed by atoms with van der Waals surface area (Å²) < 4.78 is 50.6. The Morgan fingerprint density at radius 1 is 1.05 bits per heavy atom. The first-order valence-electron chi connectivity index (χ1n) is 6.86. The third kappa shape index (κ3) is 4.94. The van der Waals surface area contributed by atoms with Gasteiger partial charge in [0.1, 0.15) is 5.82 Å². The van der Waals surface area contributed by atoms with E-state index < -0.39 is 12.7 Å². The Morgan fingerprint density at radius 3 is 2.24 bits per heavy atom. The van der Waals surface area contributed by atoms with Gasteiger partial charge in [-0.25, -0.2) is 4.39 Å². The van der Waals surface area contributed by atoms with Gasteiger partial charge in [0, 0.05) is 44.8 Å². The van der Waals surface area contributed by atoms with Crippen LogP contribution in [0.1, 0.15) is 11.1 Å². The van der Waals surface area contributed by atoms with Crippen LogP contribution in [0.3, 0.4) is 0 Å². The van der Waals surface area contributed by atoms with Crippen LogP contribution in [0.4, 0.5) is 17.6 Å². The van der Waals surface area contributed by atoms with Crippen molar-refractivity contribution in [3.63, 3.8) is 0 Å². The van der Waals surface area contributed by atoms with Gasteiger partial charge in [0.05, 0.1) is 6.54 Å². The zero-order valence-corrected chi connectivity index (χ0v) is 11.7. The summed E-state index contributed by atoms with van der Waals surface area (Å²) >= 11 is 0. The van der Waals surface area contributed by atoms with Crippen molar-refractivity contribution in [3.8, 4) is 0 Å². The highest BCUT2D eigenvalue weighted by Crippen LogP contribution is 2.19. The fourth-order valence-electron chi connectivity index (χ4n) is 2.48. The zero-order valence-electron chi connectivity index (χ0n) is 11.7. The molecular weight excluding hydrogens is 286 g/mol. The van der Waals surface area contributed by atoms with Gasteiger partial charge < -0.3 is 5.73 Å². The van der Waals surface area contributed by atoms with E-state index >= 15 is 0 Å². The number of nitrogens with two attached hydrogens (primary N) is 1. The number of benzene rings is 1. The SMILES string of the molecule is NCc1ccc(F)c(CN2CCN(CC(F)(F)F)CC2)c1. The predicted octanol–water partition coefficient (Wildman–Crippen LogP) is 1.96. The third-order valence-corrected chi connectivity index (χ3v) is 3.61. The molecule has 1 aliphatic heterocycles. The lowest BCUT2D eigenvalue weighted by Crippen LogP contribution is -2.48. The molecule has 7 heteroatoms. The van der Waals surface area contributed by atoms with Crippen molar-refractivity contribution in [1.29, 1.82) is 0 Å². The fourth-order valence-corrected chi connectivity index (χ4v) is 2.48. The maximum absolute atomic E-state index is 13.7. The lowest BCUT2D eigenvalue weighted by Gasteiger charge is -2.35. The van der Waals surface area contributed by atoms with Crippen LogP contribution in [0, 0.1) is 5.82 Å². The van der Waals surface area contributed by atoms with Gasteiger partial charge >= 0.3 is 6.18 Å². The second-order valence-corrected chi connectivity index (χ2v) is 5.30. The first-order chi connectivity index (χ1) is 9.87. The molecule has 1 saturated heterocycles. The highest BCUT2D eigenvalue weighted by atomic mass is 19.4. The van der Waals surface area contributed by atoms with E-state index in [1.54, 1.807) is 12.1 Å². The molecule has 3 nitrogen and oxygen atoms in total. The lowest BCUT2D eigenvalue weighted by atomic mass is 10.1. The molecule has 0 radical (unpaired) electrons. The molecule has 1 aliphatic rings. The van der Waals surface area contributed by atoms with Crippen molar-refractivity contribution in [2.45, 2.75) is 19.3 Å². The van der Waals surface area contributed by atoms with Gasteiger partial charge in [-0.15, -0.1) is 0 Å². The van der Waals surface area contributed by atoms with Crippen LogP contribution in [0.25, 0.3) is 0 Å². The van der Waals surface area contributed by atoms with E-state index in [-0.39, 0.29) is 5.82 Å². The van der Waals surface area contributed by atoms with Crippen LogP contribution in [0.15, 0.2) is 18.2 Å². The highest BCUT2D eigenvalue weighted by Gasteiger charge is 2.32. The Balaban J connectivity index is 1.89. The molecular formula is C14H19F4N3. The predicted molar refractivity (Wildman–Crippen MR) is 72.1 cm³/mol. The van der Waals surface area contributed by atoms with E-state index in [9.17, 15) is 17.6 Å². The highest BCUT2D eigenvalue weighted by molar-refractivity contribution is 5.25. The Labute approximate surface area is 121 Å². The van der Waals surface area contributed by atoms with Crippen LogP contribution < -0.4 is 5.73 Å². The van der Waals surface area contributed by atoms with Crippen molar-refractivity contribution in [2.75, 3.05) is 32.7 Å². The Hall–Kier alpha value is -1.18. The van der Waals surface area contributed by atoms with Gasteiger partial charge in [-0.3, -0.25) is 9.80 Å². The molecule has 0 aliphatic carbocycles. The Bertz CT molecular complexity index is 468. The number of hydrogen-bond donors (Lipinski definition) is 1. The topological polar surface area (TPSA) is 32.5 Å². The molecule has 2 rings (SSSR count). The number of nitrogens with zero attached hydrogens (tertiary/aromatic N) is 2. The molecule has 118 valence electrons. The summed E-state index contributed by atoms with van der Waals surface area (Å²) in [5.41, 5.74) is 6.92. The first kappa shape index (κ1) is 16.2. The minimum absolute atomic E-state index is 0.301. The maximum Gasteiger partial charge on any atom is 0.401 e. The van der Waals surface area contributed by atoms with Crippen molar-refractivity contribution in [1.82, 2.24) is 9.80 Å². The van der Waals surface area contributed by atoms with Gasteiger partial charge in [-0.2, -0.15) is 13.2 Å². The second kappa shape index (κ2) is 6.72. The van der Waals surface area contributed by atoms with E-state index in [2.05, 4.69) is 0 Å². The number of piperazine rings is 1. The van der Waals surface area contributed by atoms with Crippen LogP contribution in [-0.4, -0.2) is 48.7 Å². The second-order valence-electron chi connectivity index (χ2n) is 5.30. The molecule has 1 aromatic rings. The van der Waals surface area contributed by atoms with E-state index in [0.717, 1.165) is 5.56 Å². The lowest BCUT2D eigenvalue weighted by molar-refractivity contribution is -0.149. The van der Waals surface area contributed by atoms with E-state index in [1.165, 1.54) is 11.0 Å². The molecule has 0 atom stereocenters. The minimum Gasteiger partial charge on any atom is -0.326 e. The summed E-state index contributed by atoms with van der Waals surface area (Å²) in [6, 6.07) is 4.74. The smallest absolute Gasteiger partial charge is 0.326 e. The van der Waals surface area contributed by atoms with Crippen LogP contribution >= 0.6 is 0 Å². The first-order valence-corrected chi connectivity index (χ1v) is 6.86. The molecule has 1 aromatic carbocycles. The molecule has 2 N–H and O–H groups in total. The van der Waals surface area contributed by atoms with Crippen molar-refractivity contribution >= 4 is 0 Å². The molecule has 0 amide bonds. The third-order valence-electron chi connectivity index (χ3n) is 3.61. The standard InChI is InChI=1S/C14H19F4N3/c15-13-2-1-11(8-19)7-12(13)9-20-3-5-21(6-4-20)10-14(16,17)18/h1-2,7H,3-6,8-10,19H2. The van der Waals surface area contributed by atoms with Crippen molar-refractivity contribution < 1.29 is 17.6 Å². The largest absolute Gasteiger partial charge is 0.401 e. The quantitative estimate of drug-likeness (QED) is 0.863. The molecule has 21 heavy (non-hydrogen) atoms. The maximum atomic E-state index is 13.7. The summed E-state index contributed by atoms with van der Waals surface area (Å²) in [6.45, 7) is 1.56. The average Bonchev–Trinajstić information content (AvgIpc) is 2.42. The summed E-state index contributed by atoms with van der Waals surface area (Å²) in [5.74, 6) is -0.301. The summed E-state index contributed by atoms with van der Waals surface area (Å²) in [4.78, 5) is 3.34. The van der Waals surface area contributed by atoms with Gasteiger partial charge in [0.2, 0.25) is 0 Å². The van der Waals surface area contributed by atoms with E-state index in [4.69, 9.17) is 5.73 Å². The van der Waals surface area contributed by atoms with Crippen LogP contribution in [0.2, 0.25) is 0 Å². The van der Waals surface area contributed by atoms with Crippen molar-refractivity contribution in [2.24, 2.45) is 5.73 Å². The van der Waals surface area contributed by atoms with Crippen molar-refractivity contribution in [3.05, 3.63) is 35.1 Å². The van der Waals surface area contributed by atoms with Gasteiger partial charge in [-0.05, 0) is 11.6 Å². The van der Waals surface area contributed by atoms with Crippen LogP contribution in [-0.2, 0) is 13.1 Å². The van der Waals surface area contributed by atoms with E-state index in [1.807, 2.05) is 4.90 Å². The number of halogens is 4. The Kier molecular flexibility index (Phi) is 5.18. The molecule has 0 aromatic heterocycles. The summed E-state index contributed by atoms with van der Waals surface area (Å²) in [6.07, 6.45) is -4.16. The fraction of sp³-hybridized carbons (Fsp3) is 0.571. The molecule has 1 fully saturated rings. The minimum atomic E-state index is -4.16. The van der Waals surface area contributed by atoms with Gasteiger partial charge in [0.15, 0.2) is 0 Å². The molecule has 0 spiro atoms. The molecule has 0 bridgehead atoms. The normalized spacial score (nSPS) is 18.1. The van der Waals surface area contributed by atoms with E-state index in [0.29, 0.717) is 44.8 Å². The summed E-state index contributed by atoms with van der Waals surface area (Å²) in [7, 11) is 0. The van der Waals surface area contributed by atoms with Gasteiger partial charge in [0.25, 0.3) is 0 Å². The van der Waals surface area contributed by atoms with Gasteiger partial charge in [-0.1, -0.05) is 12.1 Å². The molecule has 1 heterocycles. The number of hydrogen-bond acceptors (Lipinski definition) is 3. The zero-order chi connectivity index (χ0) is 15.5. The average molecular weight is 305 g/mol. The Morgan fingerprint density at radius 2 is 1.67 bits per heavy atom. The molecule has 0 unspecified atom stereocenters. The molecule has 0 saturated carbocycles.